The van der Waals surface area contributed by atoms with Crippen molar-refractivity contribution in [2.75, 3.05) is 6.54 Å². The molecule has 2 rings (SSSR count). The number of rotatable bonds is 1. The molecule has 2 heteroatoms. The van der Waals surface area contributed by atoms with Gasteiger partial charge in [0.15, 0.2) is 0 Å². The van der Waals surface area contributed by atoms with E-state index in [0.717, 1.165) is 25.1 Å². The molecule has 0 radical (unpaired) electrons. The highest BCUT2D eigenvalue weighted by Gasteiger charge is 2.16. The minimum absolute atomic E-state index is 0.273. The van der Waals surface area contributed by atoms with Crippen LogP contribution in [0.3, 0.4) is 0 Å². The SMILES string of the molecule is CC1=CC(C2CC(C)=CC=N2)=NCC1. The van der Waals surface area contributed by atoms with E-state index >= 15 is 0 Å². The van der Waals surface area contributed by atoms with Gasteiger partial charge in [0.25, 0.3) is 0 Å². The van der Waals surface area contributed by atoms with Gasteiger partial charge in [-0.1, -0.05) is 11.1 Å². The molecule has 0 amide bonds. The number of allylic oxidation sites excluding steroid dienone is 1. The molecule has 0 spiro atoms. The maximum absolute atomic E-state index is 4.54. The van der Waals surface area contributed by atoms with E-state index in [4.69, 9.17) is 0 Å². The van der Waals surface area contributed by atoms with Crippen LogP contribution in [0.2, 0.25) is 0 Å². The Labute approximate surface area is 85.2 Å². The Hall–Kier alpha value is -1.18. The number of hydrogen-bond acceptors (Lipinski definition) is 2. The third kappa shape index (κ3) is 2.00. The van der Waals surface area contributed by atoms with E-state index in [2.05, 4.69) is 36.0 Å². The molecule has 2 nitrogen and oxygen atoms in total. The van der Waals surface area contributed by atoms with E-state index < -0.39 is 0 Å². The summed E-state index contributed by atoms with van der Waals surface area (Å²) in [5.41, 5.74) is 3.99. The second kappa shape index (κ2) is 3.91. The zero-order valence-electron chi connectivity index (χ0n) is 8.83. The number of nitrogens with zero attached hydrogens (tertiary/aromatic N) is 2. The predicted octanol–water partition coefficient (Wildman–Crippen LogP) is 2.57. The van der Waals surface area contributed by atoms with Gasteiger partial charge in [0.2, 0.25) is 0 Å². The Bertz CT molecular complexity index is 345. The summed E-state index contributed by atoms with van der Waals surface area (Å²) in [7, 11) is 0. The molecular weight excluding hydrogens is 172 g/mol. The van der Waals surface area contributed by atoms with Crippen molar-refractivity contribution in [3.05, 3.63) is 23.3 Å². The molecule has 0 fully saturated rings. The van der Waals surface area contributed by atoms with Crippen molar-refractivity contribution in [3.8, 4) is 0 Å². The average Bonchev–Trinajstić information content (AvgIpc) is 2.18. The summed E-state index contributed by atoms with van der Waals surface area (Å²) in [5, 5.41) is 0. The molecule has 0 aromatic carbocycles. The van der Waals surface area contributed by atoms with E-state index in [-0.39, 0.29) is 6.04 Å². The molecule has 0 saturated carbocycles. The van der Waals surface area contributed by atoms with Gasteiger partial charge in [-0.2, -0.15) is 0 Å². The molecule has 0 N–H and O–H groups in total. The van der Waals surface area contributed by atoms with Gasteiger partial charge >= 0.3 is 0 Å². The largest absolute Gasteiger partial charge is 0.287 e. The molecule has 2 aliphatic rings. The van der Waals surface area contributed by atoms with Gasteiger partial charge in [-0.3, -0.25) is 9.98 Å². The second-order valence-electron chi connectivity index (χ2n) is 4.08. The fourth-order valence-electron chi connectivity index (χ4n) is 1.81. The summed E-state index contributed by atoms with van der Waals surface area (Å²) in [4.78, 5) is 9.00. The lowest BCUT2D eigenvalue weighted by atomic mass is 9.97. The topological polar surface area (TPSA) is 24.7 Å². The third-order valence-electron chi connectivity index (χ3n) is 2.68. The van der Waals surface area contributed by atoms with Gasteiger partial charge < -0.3 is 0 Å². The second-order valence-corrected chi connectivity index (χ2v) is 4.08. The molecule has 14 heavy (non-hydrogen) atoms. The van der Waals surface area contributed by atoms with Crippen molar-refractivity contribution in [1.82, 2.24) is 0 Å². The van der Waals surface area contributed by atoms with Gasteiger partial charge in [0.05, 0.1) is 11.8 Å². The Morgan fingerprint density at radius 2 is 2.14 bits per heavy atom. The van der Waals surface area contributed by atoms with E-state index in [1.807, 2.05) is 6.21 Å². The molecule has 1 atom stereocenters. The molecule has 2 aliphatic heterocycles. The molecule has 2 heterocycles. The first-order chi connectivity index (χ1) is 6.75. The van der Waals surface area contributed by atoms with Crippen LogP contribution in [0.4, 0.5) is 0 Å². The quantitative estimate of drug-likeness (QED) is 0.604. The molecule has 1 unspecified atom stereocenters. The van der Waals surface area contributed by atoms with Gasteiger partial charge in [-0.15, -0.1) is 0 Å². The van der Waals surface area contributed by atoms with E-state index in [1.165, 1.54) is 11.1 Å². The molecule has 0 aromatic rings. The van der Waals surface area contributed by atoms with Crippen molar-refractivity contribution in [3.63, 3.8) is 0 Å². The van der Waals surface area contributed by atoms with Gasteiger partial charge in [0.1, 0.15) is 0 Å². The summed E-state index contributed by atoms with van der Waals surface area (Å²) in [6.45, 7) is 5.26. The first kappa shape index (κ1) is 9.38. The van der Waals surface area contributed by atoms with E-state index in [9.17, 15) is 0 Å². The van der Waals surface area contributed by atoms with Crippen LogP contribution in [-0.4, -0.2) is 24.5 Å². The van der Waals surface area contributed by atoms with Crippen LogP contribution in [0.15, 0.2) is 33.3 Å². The lowest BCUT2D eigenvalue weighted by Gasteiger charge is -2.19. The lowest BCUT2D eigenvalue weighted by molar-refractivity contribution is 0.814. The van der Waals surface area contributed by atoms with Crippen molar-refractivity contribution >= 4 is 11.9 Å². The number of dihydropyridines is 2. The molecule has 0 bridgehead atoms. The standard InChI is InChI=1S/C12H16N2/c1-9-3-5-13-11(7-9)12-8-10(2)4-6-14-12/h3,5,8,11H,4,6-7H2,1-2H3. The van der Waals surface area contributed by atoms with Crippen LogP contribution >= 0.6 is 0 Å². The van der Waals surface area contributed by atoms with E-state index in [0.29, 0.717) is 0 Å². The summed E-state index contributed by atoms with van der Waals surface area (Å²) in [6, 6.07) is 0.273. The van der Waals surface area contributed by atoms with Crippen molar-refractivity contribution < 1.29 is 0 Å². The molecular formula is C12H16N2. The fraction of sp³-hybridized carbons (Fsp3) is 0.500. The van der Waals surface area contributed by atoms with Crippen LogP contribution in [0.5, 0.6) is 0 Å². The average molecular weight is 188 g/mol. The molecule has 0 aliphatic carbocycles. The number of hydrogen-bond donors (Lipinski definition) is 0. The van der Waals surface area contributed by atoms with E-state index in [1.54, 1.807) is 0 Å². The highest BCUT2D eigenvalue weighted by molar-refractivity contribution is 6.02. The summed E-state index contributed by atoms with van der Waals surface area (Å²) < 4.78 is 0. The van der Waals surface area contributed by atoms with Gasteiger partial charge in [-0.05, 0) is 38.8 Å². The number of aliphatic imine (C=N–C) groups is 2. The third-order valence-corrected chi connectivity index (χ3v) is 2.68. The minimum Gasteiger partial charge on any atom is -0.287 e. The Balaban J connectivity index is 2.14. The van der Waals surface area contributed by atoms with Crippen molar-refractivity contribution in [1.29, 1.82) is 0 Å². The minimum atomic E-state index is 0.273. The first-order valence-corrected chi connectivity index (χ1v) is 5.16. The van der Waals surface area contributed by atoms with Crippen molar-refractivity contribution in [2.24, 2.45) is 9.98 Å². The fourth-order valence-corrected chi connectivity index (χ4v) is 1.81. The highest BCUT2D eigenvalue weighted by atomic mass is 14.9. The van der Waals surface area contributed by atoms with Crippen LogP contribution < -0.4 is 0 Å². The maximum Gasteiger partial charge on any atom is 0.0951 e. The molecule has 0 saturated heterocycles. The van der Waals surface area contributed by atoms with Gasteiger partial charge in [-0.25, -0.2) is 0 Å². The first-order valence-electron chi connectivity index (χ1n) is 5.16. The lowest BCUT2D eigenvalue weighted by Crippen LogP contribution is -2.22. The van der Waals surface area contributed by atoms with Crippen LogP contribution in [-0.2, 0) is 0 Å². The maximum atomic E-state index is 4.54. The Morgan fingerprint density at radius 1 is 1.29 bits per heavy atom. The zero-order valence-corrected chi connectivity index (χ0v) is 8.83. The Kier molecular flexibility index (Phi) is 2.62. The van der Waals surface area contributed by atoms with Gasteiger partial charge in [0, 0.05) is 12.8 Å². The van der Waals surface area contributed by atoms with Crippen molar-refractivity contribution in [2.45, 2.75) is 32.7 Å². The monoisotopic (exact) mass is 188 g/mol. The normalized spacial score (nSPS) is 26.7. The van der Waals surface area contributed by atoms with Crippen LogP contribution in [0.25, 0.3) is 0 Å². The predicted molar refractivity (Wildman–Crippen MR) is 61.3 cm³/mol. The van der Waals surface area contributed by atoms with Crippen LogP contribution in [0.1, 0.15) is 26.7 Å². The Morgan fingerprint density at radius 3 is 2.86 bits per heavy atom. The smallest absolute Gasteiger partial charge is 0.0951 e. The summed E-state index contributed by atoms with van der Waals surface area (Å²) in [5.74, 6) is 0. The summed E-state index contributed by atoms with van der Waals surface area (Å²) in [6.07, 6.45) is 8.32. The highest BCUT2D eigenvalue weighted by Crippen LogP contribution is 2.17. The molecule has 74 valence electrons. The zero-order chi connectivity index (χ0) is 9.97. The van der Waals surface area contributed by atoms with Crippen LogP contribution in [0, 0.1) is 0 Å². The summed E-state index contributed by atoms with van der Waals surface area (Å²) >= 11 is 0. The molecule has 0 aromatic heterocycles.